The highest BCUT2D eigenvalue weighted by Gasteiger charge is 2.10. The maximum Gasteiger partial charge on any atom is 0.0786 e. The molecule has 0 aliphatic rings. The number of hydrogen-bond acceptors (Lipinski definition) is 1. The fraction of sp³-hybridized carbons (Fsp3) is 0.118. The van der Waals surface area contributed by atoms with Gasteiger partial charge in [0, 0.05) is 32.3 Å². The van der Waals surface area contributed by atoms with Gasteiger partial charge in [0.15, 0.2) is 0 Å². The van der Waals surface area contributed by atoms with Crippen LogP contribution in [0.15, 0.2) is 42.5 Å². The first-order chi connectivity index (χ1) is 9.56. The zero-order valence-electron chi connectivity index (χ0n) is 11.2. The van der Waals surface area contributed by atoms with Gasteiger partial charge in [0.05, 0.1) is 5.52 Å². The van der Waals surface area contributed by atoms with Crippen LogP contribution in [0.3, 0.4) is 0 Å². The van der Waals surface area contributed by atoms with Crippen molar-refractivity contribution in [3.05, 3.63) is 63.8 Å². The topological polar surface area (TPSA) is 12.9 Å². The van der Waals surface area contributed by atoms with Gasteiger partial charge < -0.3 is 0 Å². The molecule has 0 radical (unpaired) electrons. The van der Waals surface area contributed by atoms with Crippen LogP contribution in [-0.4, -0.2) is 4.98 Å². The fourth-order valence-corrected chi connectivity index (χ4v) is 3.02. The van der Waals surface area contributed by atoms with Gasteiger partial charge in [0.2, 0.25) is 0 Å². The minimum Gasteiger partial charge on any atom is -0.252 e. The van der Waals surface area contributed by atoms with Gasteiger partial charge in [0.1, 0.15) is 0 Å². The Hall–Kier alpha value is -1.57. The molecule has 1 nitrogen and oxygen atoms in total. The molecule has 1 aromatic heterocycles. The summed E-state index contributed by atoms with van der Waals surface area (Å²) in [6.45, 7) is 4.11. The molecule has 0 bridgehead atoms. The van der Waals surface area contributed by atoms with Gasteiger partial charge in [-0.3, -0.25) is 4.98 Å². The second-order valence-electron chi connectivity index (χ2n) is 4.91. The Morgan fingerprint density at radius 2 is 1.70 bits per heavy atom. The number of hydrogen-bond donors (Lipinski definition) is 0. The lowest BCUT2D eigenvalue weighted by Crippen LogP contribution is -1.91. The van der Waals surface area contributed by atoms with E-state index in [2.05, 4.69) is 24.0 Å². The second-order valence-corrected chi connectivity index (χ2v) is 5.75. The number of rotatable bonds is 1. The van der Waals surface area contributed by atoms with Gasteiger partial charge in [-0.15, -0.1) is 0 Å². The zero-order valence-corrected chi connectivity index (χ0v) is 12.8. The number of fused-ring (bicyclic) bond motifs is 1. The summed E-state index contributed by atoms with van der Waals surface area (Å²) in [5.41, 5.74) is 5.20. The van der Waals surface area contributed by atoms with E-state index in [0.29, 0.717) is 10.0 Å². The van der Waals surface area contributed by atoms with Crippen LogP contribution in [0.4, 0.5) is 0 Å². The SMILES string of the molecule is Cc1cc(C)c2cccc(-c3ccc(Cl)cc3Cl)c2n1. The standard InChI is InChI=1S/C17H13Cl2N/c1-10-8-11(2)20-17-13(10)4-3-5-15(17)14-7-6-12(18)9-16(14)19/h3-9H,1-2H3. The van der Waals surface area contributed by atoms with Crippen LogP contribution < -0.4 is 0 Å². The Morgan fingerprint density at radius 3 is 2.45 bits per heavy atom. The molecule has 2 aromatic carbocycles. The summed E-state index contributed by atoms with van der Waals surface area (Å²) in [6, 6.07) is 13.8. The minimum absolute atomic E-state index is 0.638. The lowest BCUT2D eigenvalue weighted by molar-refractivity contribution is 1.23. The highest BCUT2D eigenvalue weighted by molar-refractivity contribution is 6.36. The Balaban J connectivity index is 2.36. The number of para-hydroxylation sites is 1. The molecule has 3 rings (SSSR count). The van der Waals surface area contributed by atoms with E-state index in [9.17, 15) is 0 Å². The third-order valence-corrected chi connectivity index (χ3v) is 3.94. The summed E-state index contributed by atoms with van der Waals surface area (Å²) in [6.07, 6.45) is 0. The van der Waals surface area contributed by atoms with Crippen molar-refractivity contribution in [2.45, 2.75) is 13.8 Å². The number of halogens is 2. The Kier molecular flexibility index (Phi) is 3.41. The molecule has 3 heteroatoms. The largest absolute Gasteiger partial charge is 0.252 e. The maximum atomic E-state index is 6.33. The highest BCUT2D eigenvalue weighted by atomic mass is 35.5. The van der Waals surface area contributed by atoms with Crippen LogP contribution in [0.25, 0.3) is 22.0 Å². The van der Waals surface area contributed by atoms with Gasteiger partial charge in [-0.05, 0) is 37.6 Å². The Labute approximate surface area is 128 Å². The van der Waals surface area contributed by atoms with Crippen LogP contribution in [-0.2, 0) is 0 Å². The Bertz CT molecular complexity index is 809. The number of pyridine rings is 1. The van der Waals surface area contributed by atoms with Gasteiger partial charge in [-0.25, -0.2) is 0 Å². The predicted octanol–water partition coefficient (Wildman–Crippen LogP) is 5.83. The maximum absolute atomic E-state index is 6.33. The van der Waals surface area contributed by atoms with Crippen molar-refractivity contribution in [3.63, 3.8) is 0 Å². The summed E-state index contributed by atoms with van der Waals surface area (Å²) < 4.78 is 0. The van der Waals surface area contributed by atoms with Crippen LogP contribution in [0.5, 0.6) is 0 Å². The summed E-state index contributed by atoms with van der Waals surface area (Å²) in [5.74, 6) is 0. The molecule has 0 spiro atoms. The van der Waals surface area contributed by atoms with E-state index in [1.54, 1.807) is 6.07 Å². The fourth-order valence-electron chi connectivity index (χ4n) is 2.51. The molecule has 0 aliphatic heterocycles. The lowest BCUT2D eigenvalue weighted by atomic mass is 9.99. The summed E-state index contributed by atoms with van der Waals surface area (Å²) >= 11 is 12.3. The molecule has 0 unspecified atom stereocenters. The first-order valence-electron chi connectivity index (χ1n) is 6.38. The molecule has 3 aromatic rings. The van der Waals surface area contributed by atoms with Crippen LogP contribution in [0.2, 0.25) is 10.0 Å². The molecule has 0 saturated carbocycles. The third-order valence-electron chi connectivity index (χ3n) is 3.40. The van der Waals surface area contributed by atoms with Crippen molar-refractivity contribution in [3.8, 4) is 11.1 Å². The first-order valence-corrected chi connectivity index (χ1v) is 7.14. The van der Waals surface area contributed by atoms with E-state index in [1.165, 1.54) is 5.56 Å². The molecule has 0 amide bonds. The average Bonchev–Trinajstić information content (AvgIpc) is 2.38. The minimum atomic E-state index is 0.638. The monoisotopic (exact) mass is 301 g/mol. The Morgan fingerprint density at radius 1 is 0.900 bits per heavy atom. The molecule has 0 aliphatic carbocycles. The van der Waals surface area contributed by atoms with E-state index >= 15 is 0 Å². The quantitative estimate of drug-likeness (QED) is 0.551. The van der Waals surface area contributed by atoms with Crippen molar-refractivity contribution in [1.29, 1.82) is 0 Å². The second kappa shape index (κ2) is 5.08. The molecule has 0 atom stereocenters. The number of aromatic nitrogens is 1. The zero-order chi connectivity index (χ0) is 14.3. The number of nitrogens with zero attached hydrogens (tertiary/aromatic N) is 1. The van der Waals surface area contributed by atoms with Gasteiger partial charge in [0.25, 0.3) is 0 Å². The molecule has 100 valence electrons. The van der Waals surface area contributed by atoms with Crippen LogP contribution in [0.1, 0.15) is 11.3 Å². The molecule has 0 saturated heterocycles. The number of aryl methyl sites for hydroxylation is 2. The average molecular weight is 302 g/mol. The highest BCUT2D eigenvalue weighted by Crippen LogP contribution is 2.35. The predicted molar refractivity (Wildman–Crippen MR) is 86.7 cm³/mol. The van der Waals surface area contributed by atoms with E-state index < -0.39 is 0 Å². The third kappa shape index (κ3) is 2.28. The smallest absolute Gasteiger partial charge is 0.0786 e. The molecule has 1 heterocycles. The number of benzene rings is 2. The van der Waals surface area contributed by atoms with E-state index in [1.807, 2.05) is 31.2 Å². The lowest BCUT2D eigenvalue weighted by Gasteiger charge is -2.11. The van der Waals surface area contributed by atoms with E-state index in [4.69, 9.17) is 23.2 Å². The summed E-state index contributed by atoms with van der Waals surface area (Å²) in [7, 11) is 0. The van der Waals surface area contributed by atoms with Crippen molar-refractivity contribution in [2.24, 2.45) is 0 Å². The van der Waals surface area contributed by atoms with Crippen molar-refractivity contribution >= 4 is 34.1 Å². The van der Waals surface area contributed by atoms with Gasteiger partial charge in [-0.1, -0.05) is 47.5 Å². The van der Waals surface area contributed by atoms with Crippen molar-refractivity contribution in [1.82, 2.24) is 4.98 Å². The first kappa shape index (κ1) is 13.4. The summed E-state index contributed by atoms with van der Waals surface area (Å²) in [5, 5.41) is 2.43. The van der Waals surface area contributed by atoms with E-state index in [-0.39, 0.29) is 0 Å². The van der Waals surface area contributed by atoms with Gasteiger partial charge >= 0.3 is 0 Å². The summed E-state index contributed by atoms with van der Waals surface area (Å²) in [4.78, 5) is 4.68. The van der Waals surface area contributed by atoms with Crippen LogP contribution >= 0.6 is 23.2 Å². The van der Waals surface area contributed by atoms with Crippen LogP contribution in [0, 0.1) is 13.8 Å². The molecular weight excluding hydrogens is 289 g/mol. The molecular formula is C17H13Cl2N. The van der Waals surface area contributed by atoms with Gasteiger partial charge in [-0.2, -0.15) is 0 Å². The normalized spacial score (nSPS) is 11.0. The van der Waals surface area contributed by atoms with Crippen molar-refractivity contribution in [2.75, 3.05) is 0 Å². The molecule has 0 N–H and O–H groups in total. The molecule has 0 fully saturated rings. The van der Waals surface area contributed by atoms with E-state index in [0.717, 1.165) is 27.7 Å². The van der Waals surface area contributed by atoms with Crippen molar-refractivity contribution < 1.29 is 0 Å². The molecule has 20 heavy (non-hydrogen) atoms.